The molecule has 2 aliphatic carbocycles. The third-order valence-corrected chi connectivity index (χ3v) is 6.86. The van der Waals surface area contributed by atoms with Crippen LogP contribution >= 0.6 is 12.2 Å². The Morgan fingerprint density at radius 2 is 1.74 bits per heavy atom. The van der Waals surface area contributed by atoms with Crippen molar-refractivity contribution in [1.29, 1.82) is 0 Å². The van der Waals surface area contributed by atoms with Crippen molar-refractivity contribution >= 4 is 34.8 Å². The number of rotatable bonds is 7. The van der Waals surface area contributed by atoms with E-state index in [1.165, 1.54) is 24.1 Å². The van der Waals surface area contributed by atoms with Crippen LogP contribution in [-0.2, 0) is 12.8 Å². The minimum atomic E-state index is 0.337. The standard InChI is InChI=1S/C25H36N6O2S/c1-31(2)23-19-7-5-6-8-20(19)28-24(30-23)26-16-9-11-17(12-10-16)27-25(34)29-21-14-13-18(32-3)15-22(21)33-4/h13-17H,5-12H2,1-4H3,(H,26,28,30)(H2,27,29,34). The van der Waals surface area contributed by atoms with Gasteiger partial charge in [0.25, 0.3) is 0 Å². The highest BCUT2D eigenvalue weighted by atomic mass is 32.1. The molecule has 1 aromatic carbocycles. The van der Waals surface area contributed by atoms with Gasteiger partial charge in [-0.15, -0.1) is 0 Å². The molecule has 0 atom stereocenters. The first-order chi connectivity index (χ1) is 16.5. The zero-order valence-electron chi connectivity index (χ0n) is 20.6. The molecule has 1 saturated carbocycles. The van der Waals surface area contributed by atoms with Crippen LogP contribution in [0.3, 0.4) is 0 Å². The van der Waals surface area contributed by atoms with Crippen LogP contribution < -0.4 is 30.3 Å². The van der Waals surface area contributed by atoms with Crippen molar-refractivity contribution in [2.75, 3.05) is 43.8 Å². The van der Waals surface area contributed by atoms with Crippen molar-refractivity contribution in [1.82, 2.24) is 15.3 Å². The molecule has 8 nitrogen and oxygen atoms in total. The van der Waals surface area contributed by atoms with E-state index in [4.69, 9.17) is 31.7 Å². The van der Waals surface area contributed by atoms with Crippen molar-refractivity contribution in [3.05, 3.63) is 29.5 Å². The summed E-state index contributed by atoms with van der Waals surface area (Å²) in [5.74, 6) is 3.27. The summed E-state index contributed by atoms with van der Waals surface area (Å²) in [5, 5.41) is 10.9. The fourth-order valence-electron chi connectivity index (χ4n) is 4.82. The summed E-state index contributed by atoms with van der Waals surface area (Å²) in [4.78, 5) is 11.9. The summed E-state index contributed by atoms with van der Waals surface area (Å²) in [7, 11) is 7.41. The Hall–Kier alpha value is -2.81. The average molecular weight is 485 g/mol. The van der Waals surface area contributed by atoms with E-state index in [9.17, 15) is 0 Å². The van der Waals surface area contributed by atoms with E-state index < -0.39 is 0 Å². The number of hydrogen-bond acceptors (Lipinski definition) is 7. The second-order valence-corrected chi connectivity index (χ2v) is 9.66. The molecule has 0 spiro atoms. The molecule has 0 saturated heterocycles. The summed E-state index contributed by atoms with van der Waals surface area (Å²) in [6.45, 7) is 0. The van der Waals surface area contributed by atoms with Gasteiger partial charge in [-0.3, -0.25) is 0 Å². The second-order valence-electron chi connectivity index (χ2n) is 9.26. The van der Waals surface area contributed by atoms with Crippen molar-refractivity contribution in [2.45, 2.75) is 63.5 Å². The first-order valence-corrected chi connectivity index (χ1v) is 12.5. The Labute approximate surface area is 207 Å². The molecule has 0 unspecified atom stereocenters. The molecule has 0 amide bonds. The van der Waals surface area contributed by atoms with Crippen LogP contribution in [0.4, 0.5) is 17.5 Å². The summed E-state index contributed by atoms with van der Waals surface area (Å²) in [5.41, 5.74) is 3.36. The molecule has 4 rings (SSSR count). The first-order valence-electron chi connectivity index (χ1n) is 12.1. The largest absolute Gasteiger partial charge is 0.497 e. The lowest BCUT2D eigenvalue weighted by molar-refractivity contribution is 0.387. The molecule has 34 heavy (non-hydrogen) atoms. The van der Waals surface area contributed by atoms with Crippen molar-refractivity contribution < 1.29 is 9.47 Å². The van der Waals surface area contributed by atoms with Gasteiger partial charge in [-0.2, -0.15) is 4.98 Å². The molecule has 0 bridgehead atoms. The van der Waals surface area contributed by atoms with Crippen LogP contribution in [0.25, 0.3) is 0 Å². The monoisotopic (exact) mass is 484 g/mol. The number of nitrogens with one attached hydrogen (secondary N) is 3. The van der Waals surface area contributed by atoms with Crippen LogP contribution in [0.2, 0.25) is 0 Å². The van der Waals surface area contributed by atoms with Crippen LogP contribution in [0.5, 0.6) is 11.5 Å². The zero-order chi connectivity index (χ0) is 24.1. The summed E-state index contributed by atoms with van der Waals surface area (Å²) >= 11 is 5.57. The Morgan fingerprint density at radius 1 is 1.00 bits per heavy atom. The maximum Gasteiger partial charge on any atom is 0.225 e. The fourth-order valence-corrected chi connectivity index (χ4v) is 5.10. The predicted molar refractivity (Wildman–Crippen MR) is 142 cm³/mol. The number of aryl methyl sites for hydroxylation is 1. The van der Waals surface area contributed by atoms with Crippen molar-refractivity contribution in [2.24, 2.45) is 0 Å². The summed E-state index contributed by atoms with van der Waals surface area (Å²) in [6, 6.07) is 6.34. The highest BCUT2D eigenvalue weighted by Crippen LogP contribution is 2.30. The molecule has 3 N–H and O–H groups in total. The maximum absolute atomic E-state index is 5.57. The fraction of sp³-hybridized carbons (Fsp3) is 0.560. The Bertz CT molecular complexity index is 1010. The lowest BCUT2D eigenvalue weighted by atomic mass is 9.91. The van der Waals surface area contributed by atoms with E-state index in [-0.39, 0.29) is 0 Å². The third-order valence-electron chi connectivity index (χ3n) is 6.64. The first kappa shape index (κ1) is 24.3. The lowest BCUT2D eigenvalue weighted by Gasteiger charge is -2.31. The van der Waals surface area contributed by atoms with Gasteiger partial charge >= 0.3 is 0 Å². The molecule has 1 aromatic heterocycles. The van der Waals surface area contributed by atoms with E-state index in [0.717, 1.165) is 61.7 Å². The number of ether oxygens (including phenoxy) is 2. The van der Waals surface area contributed by atoms with Crippen LogP contribution in [0.1, 0.15) is 49.8 Å². The highest BCUT2D eigenvalue weighted by molar-refractivity contribution is 7.80. The topological polar surface area (TPSA) is 83.6 Å². The number of benzene rings is 1. The molecule has 184 valence electrons. The highest BCUT2D eigenvalue weighted by Gasteiger charge is 2.24. The Morgan fingerprint density at radius 3 is 2.44 bits per heavy atom. The van der Waals surface area contributed by atoms with Gasteiger partial charge < -0.3 is 30.3 Å². The van der Waals surface area contributed by atoms with E-state index in [1.54, 1.807) is 14.2 Å². The molecule has 0 aliphatic heterocycles. The zero-order valence-corrected chi connectivity index (χ0v) is 21.4. The van der Waals surface area contributed by atoms with Crippen LogP contribution in [0, 0.1) is 0 Å². The number of thiocarbonyl (C=S) groups is 1. The Balaban J connectivity index is 1.30. The number of methoxy groups -OCH3 is 2. The summed E-state index contributed by atoms with van der Waals surface area (Å²) < 4.78 is 10.7. The molecule has 1 fully saturated rings. The Kier molecular flexibility index (Phi) is 7.92. The van der Waals surface area contributed by atoms with E-state index in [1.807, 2.05) is 18.2 Å². The van der Waals surface area contributed by atoms with Crippen molar-refractivity contribution in [3.8, 4) is 11.5 Å². The van der Waals surface area contributed by atoms with Gasteiger partial charge in [0.1, 0.15) is 17.3 Å². The van der Waals surface area contributed by atoms with Gasteiger partial charge in [0.2, 0.25) is 5.95 Å². The molecule has 0 radical (unpaired) electrons. The van der Waals surface area contributed by atoms with Gasteiger partial charge in [-0.25, -0.2) is 4.98 Å². The van der Waals surface area contributed by atoms with Crippen LogP contribution in [0.15, 0.2) is 18.2 Å². The van der Waals surface area contributed by atoms with E-state index in [0.29, 0.717) is 22.9 Å². The summed E-state index contributed by atoms with van der Waals surface area (Å²) in [6.07, 6.45) is 8.72. The van der Waals surface area contributed by atoms with E-state index in [2.05, 4.69) is 34.9 Å². The van der Waals surface area contributed by atoms with Crippen LogP contribution in [-0.4, -0.2) is 55.5 Å². The third kappa shape index (κ3) is 5.81. The maximum atomic E-state index is 5.57. The molecular formula is C25H36N6O2S. The van der Waals surface area contributed by atoms with Gasteiger partial charge in [-0.1, -0.05) is 0 Å². The van der Waals surface area contributed by atoms with Gasteiger partial charge in [0, 0.05) is 37.8 Å². The minimum absolute atomic E-state index is 0.337. The minimum Gasteiger partial charge on any atom is -0.497 e. The average Bonchev–Trinajstić information content (AvgIpc) is 2.85. The number of aromatic nitrogens is 2. The van der Waals surface area contributed by atoms with Gasteiger partial charge in [-0.05, 0) is 75.7 Å². The molecule has 9 heteroatoms. The number of fused-ring (bicyclic) bond motifs is 1. The normalized spacial score (nSPS) is 19.5. The van der Waals surface area contributed by atoms with Crippen molar-refractivity contribution in [3.63, 3.8) is 0 Å². The van der Waals surface area contributed by atoms with E-state index >= 15 is 0 Å². The number of anilines is 3. The second kappa shape index (κ2) is 11.1. The molecular weight excluding hydrogens is 448 g/mol. The lowest BCUT2D eigenvalue weighted by Crippen LogP contribution is -2.42. The molecule has 2 aliphatic rings. The molecule has 2 aromatic rings. The number of nitrogens with zero attached hydrogens (tertiary/aromatic N) is 3. The smallest absolute Gasteiger partial charge is 0.225 e. The predicted octanol–water partition coefficient (Wildman–Crippen LogP) is 4.15. The number of hydrogen-bond donors (Lipinski definition) is 3. The van der Waals surface area contributed by atoms with Gasteiger partial charge in [0.05, 0.1) is 25.6 Å². The van der Waals surface area contributed by atoms with Gasteiger partial charge in [0.15, 0.2) is 5.11 Å². The quantitative estimate of drug-likeness (QED) is 0.502. The SMILES string of the molecule is COc1ccc(NC(=S)NC2CCC(Nc3nc4c(c(N(C)C)n3)CCCC4)CC2)c(OC)c1. The molecule has 1 heterocycles.